The molecule has 0 atom stereocenters. The lowest BCUT2D eigenvalue weighted by Crippen LogP contribution is -2.42. The number of carbonyl (C=O) groups excluding carboxylic acids is 1. The number of rotatable bonds is 2. The number of amides is 1. The fraction of sp³-hybridized carbons (Fsp3) is 0.500. The summed E-state index contributed by atoms with van der Waals surface area (Å²) < 4.78 is 0. The van der Waals surface area contributed by atoms with Gasteiger partial charge in [0.2, 0.25) is 0 Å². The van der Waals surface area contributed by atoms with E-state index in [0.717, 1.165) is 37.9 Å². The van der Waals surface area contributed by atoms with Crippen LogP contribution in [0.15, 0.2) is 24.3 Å². The first-order chi connectivity index (χ1) is 8.20. The molecule has 1 aliphatic rings. The zero-order valence-electron chi connectivity index (χ0n) is 10.8. The summed E-state index contributed by atoms with van der Waals surface area (Å²) in [6, 6.07) is 8.18. The molecule has 0 aromatic heterocycles. The van der Waals surface area contributed by atoms with Crippen LogP contribution in [0, 0.1) is 0 Å². The first-order valence-corrected chi connectivity index (χ1v) is 6.34. The van der Waals surface area contributed by atoms with Crippen LogP contribution >= 0.6 is 12.4 Å². The molecule has 2 N–H and O–H groups in total. The number of benzene rings is 1. The van der Waals surface area contributed by atoms with Crippen LogP contribution in [0.4, 0.5) is 0 Å². The van der Waals surface area contributed by atoms with E-state index in [9.17, 15) is 4.79 Å². The summed E-state index contributed by atoms with van der Waals surface area (Å²) in [6.07, 6.45) is 2.84. The molecule has 1 saturated heterocycles. The second-order valence-corrected chi connectivity index (χ2v) is 4.68. The minimum absolute atomic E-state index is 0. The fourth-order valence-electron chi connectivity index (χ4n) is 2.17. The summed E-state index contributed by atoms with van der Waals surface area (Å²) in [5, 5.41) is 0. The molecule has 1 amide bonds. The zero-order chi connectivity index (χ0) is 12.3. The number of halogens is 1. The molecule has 0 spiro atoms. The molecule has 2 rings (SSSR count). The summed E-state index contributed by atoms with van der Waals surface area (Å²) in [7, 11) is 0. The highest BCUT2D eigenvalue weighted by molar-refractivity contribution is 5.94. The van der Waals surface area contributed by atoms with Gasteiger partial charge in [-0.25, -0.2) is 0 Å². The molecule has 1 heterocycles. The molecule has 4 heteroatoms. The van der Waals surface area contributed by atoms with Crippen molar-refractivity contribution in [3.05, 3.63) is 35.4 Å². The minimum Gasteiger partial charge on any atom is -0.339 e. The Kier molecular flexibility index (Phi) is 5.63. The minimum atomic E-state index is 0. The average Bonchev–Trinajstić information content (AvgIpc) is 2.39. The maximum absolute atomic E-state index is 12.2. The molecular formula is C14H21ClN2O. The molecule has 0 unspecified atom stereocenters. The van der Waals surface area contributed by atoms with Crippen molar-refractivity contribution >= 4 is 18.3 Å². The van der Waals surface area contributed by atoms with Crippen LogP contribution in [-0.2, 0) is 6.42 Å². The van der Waals surface area contributed by atoms with Crippen molar-refractivity contribution in [2.75, 3.05) is 13.1 Å². The van der Waals surface area contributed by atoms with Crippen LogP contribution in [0.25, 0.3) is 0 Å². The van der Waals surface area contributed by atoms with E-state index in [0.29, 0.717) is 0 Å². The summed E-state index contributed by atoms with van der Waals surface area (Å²) >= 11 is 0. The Morgan fingerprint density at radius 2 is 1.83 bits per heavy atom. The normalized spacial score (nSPS) is 16.2. The highest BCUT2D eigenvalue weighted by Gasteiger charge is 2.21. The van der Waals surface area contributed by atoms with Gasteiger partial charge in [0.25, 0.3) is 5.91 Å². The third-order valence-electron chi connectivity index (χ3n) is 3.44. The van der Waals surface area contributed by atoms with Gasteiger partial charge in [-0.2, -0.15) is 0 Å². The Morgan fingerprint density at radius 1 is 1.28 bits per heavy atom. The van der Waals surface area contributed by atoms with Crippen LogP contribution in [-0.4, -0.2) is 29.9 Å². The van der Waals surface area contributed by atoms with Gasteiger partial charge in [0.15, 0.2) is 0 Å². The predicted molar refractivity (Wildman–Crippen MR) is 76.2 cm³/mol. The van der Waals surface area contributed by atoms with Crippen LogP contribution in [0.3, 0.4) is 0 Å². The first kappa shape index (κ1) is 15.0. The van der Waals surface area contributed by atoms with Crippen LogP contribution in [0.2, 0.25) is 0 Å². The summed E-state index contributed by atoms with van der Waals surface area (Å²) in [6.45, 7) is 3.69. The molecule has 1 aliphatic heterocycles. The lowest BCUT2D eigenvalue weighted by molar-refractivity contribution is 0.0715. The van der Waals surface area contributed by atoms with Crippen molar-refractivity contribution in [2.45, 2.75) is 32.2 Å². The standard InChI is InChI=1S/C14H20N2O.ClH/c1-2-11-3-5-12(6-4-11)14(17)16-9-7-13(15)8-10-16;/h3-6,13H,2,7-10,15H2,1H3;1H. The van der Waals surface area contributed by atoms with Crippen molar-refractivity contribution < 1.29 is 4.79 Å². The lowest BCUT2D eigenvalue weighted by Gasteiger charge is -2.30. The van der Waals surface area contributed by atoms with E-state index >= 15 is 0 Å². The maximum atomic E-state index is 12.2. The van der Waals surface area contributed by atoms with Crippen LogP contribution in [0.5, 0.6) is 0 Å². The third kappa shape index (κ3) is 3.47. The van der Waals surface area contributed by atoms with Gasteiger partial charge in [0.1, 0.15) is 0 Å². The van der Waals surface area contributed by atoms with Crippen molar-refractivity contribution in [1.82, 2.24) is 4.90 Å². The fourth-order valence-corrected chi connectivity index (χ4v) is 2.17. The molecule has 0 bridgehead atoms. The van der Waals surface area contributed by atoms with E-state index in [1.54, 1.807) is 0 Å². The number of likely N-dealkylation sites (tertiary alicyclic amines) is 1. The highest BCUT2D eigenvalue weighted by Crippen LogP contribution is 2.13. The van der Waals surface area contributed by atoms with Gasteiger partial charge in [0.05, 0.1) is 0 Å². The summed E-state index contributed by atoms with van der Waals surface area (Å²) in [4.78, 5) is 14.1. The molecule has 1 aromatic rings. The Bertz CT molecular complexity index is 383. The first-order valence-electron chi connectivity index (χ1n) is 6.34. The number of carbonyl (C=O) groups is 1. The molecular weight excluding hydrogens is 248 g/mol. The SMILES string of the molecule is CCc1ccc(C(=O)N2CCC(N)CC2)cc1.Cl. The number of nitrogens with two attached hydrogens (primary N) is 1. The topological polar surface area (TPSA) is 46.3 Å². The van der Waals surface area contributed by atoms with Crippen molar-refractivity contribution in [1.29, 1.82) is 0 Å². The molecule has 1 aromatic carbocycles. The predicted octanol–water partition coefficient (Wildman–Crippen LogP) is 2.23. The van der Waals surface area contributed by atoms with Crippen LogP contribution in [0.1, 0.15) is 35.7 Å². The summed E-state index contributed by atoms with van der Waals surface area (Å²) in [5.41, 5.74) is 7.89. The zero-order valence-corrected chi connectivity index (χ0v) is 11.6. The second kappa shape index (κ2) is 6.76. The maximum Gasteiger partial charge on any atom is 0.253 e. The molecule has 1 fully saturated rings. The van der Waals surface area contributed by atoms with Gasteiger partial charge in [-0.15, -0.1) is 12.4 Å². The molecule has 0 saturated carbocycles. The van der Waals surface area contributed by atoms with E-state index < -0.39 is 0 Å². The van der Waals surface area contributed by atoms with Gasteiger partial charge < -0.3 is 10.6 Å². The van der Waals surface area contributed by atoms with Gasteiger partial charge in [-0.05, 0) is 37.0 Å². The van der Waals surface area contributed by atoms with Crippen LogP contribution < -0.4 is 5.73 Å². The molecule has 100 valence electrons. The number of hydrogen-bond donors (Lipinski definition) is 1. The largest absolute Gasteiger partial charge is 0.339 e. The van der Waals surface area contributed by atoms with Crippen molar-refractivity contribution in [2.24, 2.45) is 5.73 Å². The van der Waals surface area contributed by atoms with E-state index in [2.05, 4.69) is 6.92 Å². The van der Waals surface area contributed by atoms with Gasteiger partial charge in [0, 0.05) is 24.7 Å². The lowest BCUT2D eigenvalue weighted by atomic mass is 10.0. The monoisotopic (exact) mass is 268 g/mol. The Balaban J connectivity index is 0.00000162. The second-order valence-electron chi connectivity index (χ2n) is 4.68. The average molecular weight is 269 g/mol. The molecule has 0 aliphatic carbocycles. The van der Waals surface area contributed by atoms with E-state index in [1.165, 1.54) is 5.56 Å². The number of piperidine rings is 1. The van der Waals surface area contributed by atoms with Crippen molar-refractivity contribution in [3.8, 4) is 0 Å². The van der Waals surface area contributed by atoms with E-state index in [-0.39, 0.29) is 24.4 Å². The Labute approximate surface area is 115 Å². The summed E-state index contributed by atoms with van der Waals surface area (Å²) in [5.74, 6) is 0.138. The number of aryl methyl sites for hydroxylation is 1. The van der Waals surface area contributed by atoms with E-state index in [1.807, 2.05) is 29.2 Å². The van der Waals surface area contributed by atoms with Gasteiger partial charge in [-0.1, -0.05) is 19.1 Å². The number of nitrogens with zero attached hydrogens (tertiary/aromatic N) is 1. The van der Waals surface area contributed by atoms with Crippen molar-refractivity contribution in [3.63, 3.8) is 0 Å². The van der Waals surface area contributed by atoms with Gasteiger partial charge >= 0.3 is 0 Å². The quantitative estimate of drug-likeness (QED) is 0.894. The Morgan fingerprint density at radius 3 is 2.33 bits per heavy atom. The molecule has 18 heavy (non-hydrogen) atoms. The molecule has 0 radical (unpaired) electrons. The number of hydrogen-bond acceptors (Lipinski definition) is 2. The smallest absolute Gasteiger partial charge is 0.253 e. The van der Waals surface area contributed by atoms with Gasteiger partial charge in [-0.3, -0.25) is 4.79 Å². The van der Waals surface area contributed by atoms with E-state index in [4.69, 9.17) is 5.73 Å². The highest BCUT2D eigenvalue weighted by atomic mass is 35.5. The third-order valence-corrected chi connectivity index (χ3v) is 3.44. The Hall–Kier alpha value is -1.06. The molecule has 3 nitrogen and oxygen atoms in total.